The number of benzene rings is 1. The number of hydrogen-bond acceptors (Lipinski definition) is 4. The summed E-state index contributed by atoms with van der Waals surface area (Å²) in [4.78, 5) is 11.3. The summed E-state index contributed by atoms with van der Waals surface area (Å²) in [7, 11) is -3.36. The van der Waals surface area contributed by atoms with Crippen LogP contribution in [0, 0.1) is 5.82 Å². The fourth-order valence-corrected chi connectivity index (χ4v) is 2.88. The van der Waals surface area contributed by atoms with Crippen LogP contribution in [-0.4, -0.2) is 25.8 Å². The molecule has 1 amide bonds. The molecule has 1 aromatic carbocycles. The van der Waals surface area contributed by atoms with Gasteiger partial charge >= 0.3 is 0 Å². The zero-order valence-electron chi connectivity index (χ0n) is 11.3. The number of rotatable bonds is 3. The molecule has 3 N–H and O–H groups in total. The molecule has 0 saturated carbocycles. The van der Waals surface area contributed by atoms with Crippen LogP contribution in [0.5, 0.6) is 0 Å². The molecule has 0 aromatic heterocycles. The number of aryl methyl sites for hydroxylation is 1. The minimum Gasteiger partial charge on any atom is -0.326 e. The molecule has 1 heterocycles. The van der Waals surface area contributed by atoms with Gasteiger partial charge in [-0.3, -0.25) is 4.79 Å². The first-order chi connectivity index (χ1) is 9.20. The SMILES string of the molecule is CC(C(N)c1cc2c(cc1F)NC(=O)CC2)S(C)(=O)=O. The number of hydrogen-bond donors (Lipinski definition) is 2. The maximum atomic E-state index is 14.1. The van der Waals surface area contributed by atoms with Crippen LogP contribution in [0.15, 0.2) is 12.1 Å². The lowest BCUT2D eigenvalue weighted by Gasteiger charge is -2.23. The van der Waals surface area contributed by atoms with E-state index in [1.54, 1.807) is 6.07 Å². The predicted octanol–water partition coefficient (Wildman–Crippen LogP) is 1.14. The van der Waals surface area contributed by atoms with E-state index in [1.807, 2.05) is 0 Å². The van der Waals surface area contributed by atoms with E-state index >= 15 is 0 Å². The topological polar surface area (TPSA) is 89.3 Å². The Labute approximate surface area is 117 Å². The van der Waals surface area contributed by atoms with E-state index in [0.717, 1.165) is 11.8 Å². The maximum absolute atomic E-state index is 14.1. The van der Waals surface area contributed by atoms with Gasteiger partial charge in [-0.15, -0.1) is 0 Å². The molecular weight excluding hydrogens is 283 g/mol. The molecule has 20 heavy (non-hydrogen) atoms. The summed E-state index contributed by atoms with van der Waals surface area (Å²) >= 11 is 0. The minimum absolute atomic E-state index is 0.154. The van der Waals surface area contributed by atoms with Gasteiger partial charge in [-0.25, -0.2) is 12.8 Å². The predicted molar refractivity (Wildman–Crippen MR) is 74.6 cm³/mol. The molecule has 1 aromatic rings. The van der Waals surface area contributed by atoms with Gasteiger partial charge in [0.25, 0.3) is 0 Å². The van der Waals surface area contributed by atoms with E-state index in [-0.39, 0.29) is 11.5 Å². The molecule has 2 rings (SSSR count). The molecule has 110 valence electrons. The van der Waals surface area contributed by atoms with Gasteiger partial charge in [-0.2, -0.15) is 0 Å². The Morgan fingerprint density at radius 3 is 2.60 bits per heavy atom. The highest BCUT2D eigenvalue weighted by Gasteiger charge is 2.28. The van der Waals surface area contributed by atoms with E-state index in [0.29, 0.717) is 18.5 Å². The quantitative estimate of drug-likeness (QED) is 0.876. The second-order valence-electron chi connectivity index (χ2n) is 5.14. The number of carbonyl (C=O) groups excluding carboxylic acids is 1. The molecule has 2 atom stereocenters. The average molecular weight is 300 g/mol. The lowest BCUT2D eigenvalue weighted by molar-refractivity contribution is -0.116. The van der Waals surface area contributed by atoms with Gasteiger partial charge in [-0.05, 0) is 31.0 Å². The van der Waals surface area contributed by atoms with Crippen molar-refractivity contribution < 1.29 is 17.6 Å². The number of anilines is 1. The van der Waals surface area contributed by atoms with Crippen molar-refractivity contribution in [3.63, 3.8) is 0 Å². The Morgan fingerprint density at radius 1 is 1.35 bits per heavy atom. The van der Waals surface area contributed by atoms with Crippen LogP contribution in [0.3, 0.4) is 0 Å². The smallest absolute Gasteiger partial charge is 0.224 e. The Bertz CT molecular complexity index is 658. The van der Waals surface area contributed by atoms with Crippen molar-refractivity contribution in [2.24, 2.45) is 5.73 Å². The Morgan fingerprint density at radius 2 is 2.00 bits per heavy atom. The lowest BCUT2D eigenvalue weighted by Crippen LogP contribution is -2.31. The maximum Gasteiger partial charge on any atom is 0.224 e. The Balaban J connectivity index is 2.41. The molecule has 7 heteroatoms. The second-order valence-corrected chi connectivity index (χ2v) is 7.54. The third kappa shape index (κ3) is 2.83. The van der Waals surface area contributed by atoms with E-state index in [2.05, 4.69) is 5.32 Å². The summed E-state index contributed by atoms with van der Waals surface area (Å²) in [5.74, 6) is -0.757. The zero-order valence-corrected chi connectivity index (χ0v) is 12.1. The molecule has 5 nitrogen and oxygen atoms in total. The van der Waals surface area contributed by atoms with Crippen molar-refractivity contribution in [1.29, 1.82) is 0 Å². The Hall–Kier alpha value is -1.47. The minimum atomic E-state index is -3.36. The monoisotopic (exact) mass is 300 g/mol. The molecule has 0 bridgehead atoms. The van der Waals surface area contributed by atoms with Gasteiger partial charge in [0, 0.05) is 30.0 Å². The van der Waals surface area contributed by atoms with Crippen LogP contribution in [-0.2, 0) is 21.1 Å². The molecule has 1 aliphatic rings. The third-order valence-electron chi connectivity index (χ3n) is 3.66. The molecule has 1 aliphatic heterocycles. The van der Waals surface area contributed by atoms with Gasteiger partial charge in [0.05, 0.1) is 5.25 Å². The van der Waals surface area contributed by atoms with E-state index in [9.17, 15) is 17.6 Å². The van der Waals surface area contributed by atoms with Crippen LogP contribution < -0.4 is 11.1 Å². The summed E-state index contributed by atoms with van der Waals surface area (Å²) in [6.45, 7) is 1.46. The number of amides is 1. The molecule has 0 fully saturated rings. The number of carbonyl (C=O) groups is 1. The van der Waals surface area contributed by atoms with E-state index in [1.165, 1.54) is 13.0 Å². The highest BCUT2D eigenvalue weighted by Crippen LogP contribution is 2.30. The van der Waals surface area contributed by atoms with Crippen molar-refractivity contribution in [3.8, 4) is 0 Å². The first-order valence-electron chi connectivity index (χ1n) is 6.26. The number of sulfone groups is 1. The van der Waals surface area contributed by atoms with Gasteiger partial charge < -0.3 is 11.1 Å². The van der Waals surface area contributed by atoms with Crippen LogP contribution in [0.25, 0.3) is 0 Å². The van der Waals surface area contributed by atoms with E-state index in [4.69, 9.17) is 5.73 Å². The molecule has 0 aliphatic carbocycles. The average Bonchev–Trinajstić information content (AvgIpc) is 2.35. The largest absolute Gasteiger partial charge is 0.326 e. The number of fused-ring (bicyclic) bond motifs is 1. The highest BCUT2D eigenvalue weighted by molar-refractivity contribution is 7.91. The van der Waals surface area contributed by atoms with Crippen molar-refractivity contribution in [1.82, 2.24) is 0 Å². The fourth-order valence-electron chi connectivity index (χ4n) is 2.20. The summed E-state index contributed by atoms with van der Waals surface area (Å²) in [6, 6.07) is 1.82. The third-order valence-corrected chi connectivity index (χ3v) is 5.30. The summed E-state index contributed by atoms with van der Waals surface area (Å²) in [6.07, 6.45) is 1.90. The van der Waals surface area contributed by atoms with Crippen molar-refractivity contribution in [2.45, 2.75) is 31.1 Å². The highest BCUT2D eigenvalue weighted by atomic mass is 32.2. The molecule has 0 radical (unpaired) electrons. The second kappa shape index (κ2) is 5.14. The Kier molecular flexibility index (Phi) is 3.84. The fraction of sp³-hybridized carbons (Fsp3) is 0.462. The standard InChI is InChI=1S/C13H17FN2O3S/c1-7(20(2,18)19)13(15)9-5-8-3-4-12(17)16-11(8)6-10(9)14/h5-7,13H,3-4,15H2,1-2H3,(H,16,17). The normalized spacial score (nSPS) is 18.1. The number of nitrogens with two attached hydrogens (primary N) is 1. The number of nitrogens with one attached hydrogen (secondary N) is 1. The molecule has 0 saturated heterocycles. The van der Waals surface area contributed by atoms with Crippen molar-refractivity contribution in [2.75, 3.05) is 11.6 Å². The van der Waals surface area contributed by atoms with E-state index < -0.39 is 26.9 Å². The summed E-state index contributed by atoms with van der Waals surface area (Å²) in [5, 5.41) is 1.71. The van der Waals surface area contributed by atoms with Crippen LogP contribution >= 0.6 is 0 Å². The van der Waals surface area contributed by atoms with Crippen molar-refractivity contribution >= 4 is 21.4 Å². The van der Waals surface area contributed by atoms with Crippen molar-refractivity contribution in [3.05, 3.63) is 29.1 Å². The molecular formula is C13H17FN2O3S. The first-order valence-corrected chi connectivity index (χ1v) is 8.22. The van der Waals surface area contributed by atoms with Gasteiger partial charge in [0.2, 0.25) is 5.91 Å². The van der Waals surface area contributed by atoms with Crippen LogP contribution in [0.1, 0.15) is 30.5 Å². The van der Waals surface area contributed by atoms with Gasteiger partial charge in [0.1, 0.15) is 5.82 Å². The van der Waals surface area contributed by atoms with Crippen LogP contribution in [0.4, 0.5) is 10.1 Å². The first kappa shape index (κ1) is 14.9. The van der Waals surface area contributed by atoms with Gasteiger partial charge in [-0.1, -0.05) is 0 Å². The van der Waals surface area contributed by atoms with Gasteiger partial charge in [0.15, 0.2) is 9.84 Å². The lowest BCUT2D eigenvalue weighted by atomic mass is 9.96. The summed E-state index contributed by atoms with van der Waals surface area (Å²) < 4.78 is 37.1. The molecule has 0 spiro atoms. The number of halogens is 1. The van der Waals surface area contributed by atoms with Crippen LogP contribution in [0.2, 0.25) is 0 Å². The zero-order chi connectivity index (χ0) is 15.1. The summed E-state index contributed by atoms with van der Waals surface area (Å²) in [5.41, 5.74) is 7.25. The molecule has 2 unspecified atom stereocenters.